The van der Waals surface area contributed by atoms with Gasteiger partial charge in [-0.15, -0.1) is 0 Å². The number of hydrogen-bond acceptors (Lipinski definition) is 3. The Morgan fingerprint density at radius 3 is 1.89 bits per heavy atom. The van der Waals surface area contributed by atoms with Gasteiger partial charge in [0, 0.05) is 18.4 Å². The van der Waals surface area contributed by atoms with Crippen LogP contribution in [0.5, 0.6) is 0 Å². The first-order valence-electron chi connectivity index (χ1n) is 7.45. The Hall–Kier alpha value is 0.314. The standard InChI is InChI=1S/C13H33NO2Si2/c1-7-15-17(6,12-11-14)16-13(5)18(8-2,9-3)10-4/h13H,7-12,14H2,1-6H3. The molecule has 18 heavy (non-hydrogen) atoms. The van der Waals surface area contributed by atoms with Crippen molar-refractivity contribution in [3.63, 3.8) is 0 Å². The van der Waals surface area contributed by atoms with Gasteiger partial charge in [-0.25, -0.2) is 0 Å². The van der Waals surface area contributed by atoms with E-state index < -0.39 is 16.6 Å². The molecule has 110 valence electrons. The predicted octanol–water partition coefficient (Wildman–Crippen LogP) is 3.51. The van der Waals surface area contributed by atoms with Crippen molar-refractivity contribution >= 4 is 16.6 Å². The van der Waals surface area contributed by atoms with E-state index in [-0.39, 0.29) is 0 Å². The summed E-state index contributed by atoms with van der Waals surface area (Å²) in [7, 11) is -3.36. The molecule has 0 saturated heterocycles. The molecule has 5 heteroatoms. The second-order valence-corrected chi connectivity index (χ2v) is 14.2. The summed E-state index contributed by atoms with van der Waals surface area (Å²) >= 11 is 0. The summed E-state index contributed by atoms with van der Waals surface area (Å²) in [4.78, 5) is 0. The molecule has 0 spiro atoms. The lowest BCUT2D eigenvalue weighted by Gasteiger charge is -2.39. The molecule has 0 aliphatic carbocycles. The second-order valence-electron chi connectivity index (χ2n) is 5.29. The fourth-order valence-electron chi connectivity index (χ4n) is 2.84. The average Bonchev–Trinajstić information content (AvgIpc) is 2.32. The van der Waals surface area contributed by atoms with Crippen LogP contribution in [-0.2, 0) is 8.85 Å². The molecule has 0 aromatic rings. The van der Waals surface area contributed by atoms with Crippen molar-refractivity contribution in [2.24, 2.45) is 5.73 Å². The SMILES string of the molecule is CCO[Si](C)(CCN)OC(C)[Si](CC)(CC)CC. The summed E-state index contributed by atoms with van der Waals surface area (Å²) < 4.78 is 12.4. The van der Waals surface area contributed by atoms with E-state index in [0.717, 1.165) is 12.7 Å². The third kappa shape index (κ3) is 4.77. The normalized spacial score (nSPS) is 17.5. The third-order valence-corrected chi connectivity index (χ3v) is 13.7. The van der Waals surface area contributed by atoms with Crippen LogP contribution in [0, 0.1) is 0 Å². The van der Waals surface area contributed by atoms with E-state index in [4.69, 9.17) is 14.6 Å². The highest BCUT2D eigenvalue weighted by molar-refractivity contribution is 6.81. The summed E-state index contributed by atoms with van der Waals surface area (Å²) in [6.45, 7) is 14.8. The number of rotatable bonds is 10. The Bertz CT molecular complexity index is 209. The quantitative estimate of drug-likeness (QED) is 0.627. The van der Waals surface area contributed by atoms with Gasteiger partial charge in [-0.05, 0) is 26.9 Å². The van der Waals surface area contributed by atoms with E-state index in [0.29, 0.717) is 12.3 Å². The van der Waals surface area contributed by atoms with Crippen molar-refractivity contribution in [2.75, 3.05) is 13.2 Å². The first-order chi connectivity index (χ1) is 8.43. The van der Waals surface area contributed by atoms with E-state index in [9.17, 15) is 0 Å². The molecule has 0 aromatic heterocycles. The molecular weight excluding hydrogens is 258 g/mol. The maximum Gasteiger partial charge on any atom is 0.336 e. The van der Waals surface area contributed by atoms with Gasteiger partial charge in [0.15, 0.2) is 0 Å². The van der Waals surface area contributed by atoms with Crippen molar-refractivity contribution in [1.29, 1.82) is 0 Å². The molecule has 2 N–H and O–H groups in total. The van der Waals surface area contributed by atoms with E-state index in [1.807, 2.05) is 6.92 Å². The maximum atomic E-state index is 6.46. The van der Waals surface area contributed by atoms with Crippen LogP contribution in [0.4, 0.5) is 0 Å². The van der Waals surface area contributed by atoms with Crippen molar-refractivity contribution < 1.29 is 8.85 Å². The lowest BCUT2D eigenvalue weighted by atomic mass is 10.8. The molecule has 0 radical (unpaired) electrons. The third-order valence-electron chi connectivity index (χ3n) is 4.45. The van der Waals surface area contributed by atoms with Gasteiger partial charge in [-0.2, -0.15) is 0 Å². The molecule has 0 rings (SSSR count). The lowest BCUT2D eigenvalue weighted by molar-refractivity contribution is 0.165. The fraction of sp³-hybridized carbons (Fsp3) is 1.00. The highest BCUT2D eigenvalue weighted by atomic mass is 28.4. The van der Waals surface area contributed by atoms with Crippen LogP contribution < -0.4 is 5.73 Å². The first kappa shape index (κ1) is 18.3. The van der Waals surface area contributed by atoms with Gasteiger partial charge >= 0.3 is 8.56 Å². The smallest absolute Gasteiger partial charge is 0.336 e. The molecule has 0 fully saturated rings. The highest BCUT2D eigenvalue weighted by Crippen LogP contribution is 2.29. The second kappa shape index (κ2) is 8.48. The topological polar surface area (TPSA) is 44.5 Å². The van der Waals surface area contributed by atoms with Gasteiger partial charge < -0.3 is 14.6 Å². The highest BCUT2D eigenvalue weighted by Gasteiger charge is 2.40. The van der Waals surface area contributed by atoms with Crippen LogP contribution in [0.25, 0.3) is 0 Å². The molecule has 0 bridgehead atoms. The Labute approximate surface area is 116 Å². The fourth-order valence-corrected chi connectivity index (χ4v) is 10.0. The summed E-state index contributed by atoms with van der Waals surface area (Å²) in [6.07, 6.45) is 0. The molecule has 0 amide bonds. The van der Waals surface area contributed by atoms with E-state index in [1.54, 1.807) is 0 Å². The van der Waals surface area contributed by atoms with Crippen LogP contribution in [-0.4, -0.2) is 35.5 Å². The van der Waals surface area contributed by atoms with Crippen molar-refractivity contribution in [3.8, 4) is 0 Å². The van der Waals surface area contributed by atoms with Gasteiger partial charge in [-0.3, -0.25) is 0 Å². The van der Waals surface area contributed by atoms with Crippen LogP contribution in [0.2, 0.25) is 30.7 Å². The number of nitrogens with two attached hydrogens (primary N) is 1. The summed E-state index contributed by atoms with van der Waals surface area (Å²) in [6, 6.07) is 4.77. The molecule has 3 nitrogen and oxygen atoms in total. The molecule has 2 atom stereocenters. The minimum atomic E-state index is -2.06. The number of hydrogen-bond donors (Lipinski definition) is 1. The van der Waals surface area contributed by atoms with E-state index in [1.165, 1.54) is 18.1 Å². The van der Waals surface area contributed by atoms with Gasteiger partial charge in [0.1, 0.15) is 0 Å². The molecule has 0 aliphatic heterocycles. The lowest BCUT2D eigenvalue weighted by Crippen LogP contribution is -2.53. The van der Waals surface area contributed by atoms with Gasteiger partial charge in [0.25, 0.3) is 0 Å². The zero-order valence-corrected chi connectivity index (χ0v) is 15.2. The van der Waals surface area contributed by atoms with Crippen LogP contribution in [0.1, 0.15) is 34.6 Å². The summed E-state index contributed by atoms with van der Waals surface area (Å²) in [5, 5.41) is 0. The largest absolute Gasteiger partial charge is 0.395 e. The molecule has 0 heterocycles. The van der Waals surface area contributed by atoms with Gasteiger partial charge in [0.05, 0.1) is 8.07 Å². The maximum absolute atomic E-state index is 6.46. The Morgan fingerprint density at radius 2 is 1.56 bits per heavy atom. The Balaban J connectivity index is 4.80. The van der Waals surface area contributed by atoms with Crippen molar-refractivity contribution in [1.82, 2.24) is 0 Å². The van der Waals surface area contributed by atoms with Gasteiger partial charge in [-0.1, -0.05) is 38.9 Å². The van der Waals surface area contributed by atoms with Crippen molar-refractivity contribution in [3.05, 3.63) is 0 Å². The summed E-state index contributed by atoms with van der Waals surface area (Å²) in [5.74, 6) is 0. The monoisotopic (exact) mass is 291 g/mol. The molecular formula is C13H33NO2Si2. The molecule has 0 saturated carbocycles. The van der Waals surface area contributed by atoms with Crippen LogP contribution >= 0.6 is 0 Å². The Kier molecular flexibility index (Phi) is 8.63. The average molecular weight is 292 g/mol. The first-order valence-corrected chi connectivity index (χ1v) is 12.7. The molecule has 0 aromatic carbocycles. The van der Waals surface area contributed by atoms with Crippen molar-refractivity contribution in [2.45, 2.75) is 71.1 Å². The van der Waals surface area contributed by atoms with E-state index >= 15 is 0 Å². The zero-order chi connectivity index (χ0) is 14.2. The van der Waals surface area contributed by atoms with Crippen LogP contribution in [0.3, 0.4) is 0 Å². The minimum Gasteiger partial charge on any atom is -0.395 e. The Morgan fingerprint density at radius 1 is 1.06 bits per heavy atom. The van der Waals surface area contributed by atoms with E-state index in [2.05, 4.69) is 34.2 Å². The zero-order valence-electron chi connectivity index (χ0n) is 13.2. The molecule has 0 aliphatic rings. The minimum absolute atomic E-state index is 0.382. The predicted molar refractivity (Wildman–Crippen MR) is 84.8 cm³/mol. The summed E-state index contributed by atoms with van der Waals surface area (Å²) in [5.41, 5.74) is 6.09. The van der Waals surface area contributed by atoms with Crippen LogP contribution in [0.15, 0.2) is 0 Å². The molecule has 2 unspecified atom stereocenters. The van der Waals surface area contributed by atoms with Gasteiger partial charge in [0.2, 0.25) is 0 Å².